The van der Waals surface area contributed by atoms with Crippen LogP contribution >= 0.6 is 0 Å². The zero-order valence-electron chi connectivity index (χ0n) is 27.4. The molecule has 12 heteroatoms. The van der Waals surface area contributed by atoms with Crippen LogP contribution in [0.15, 0.2) is 72.6 Å². The largest absolute Gasteiger partial charge is 0.457 e. The number of ether oxygens (including phenoxy) is 1. The number of nitriles is 1. The standard InChI is InChI=1S/C36H39FN8O3/c1-24(46)42-16-18-44(19-17-42)36(2,3)21-26(22-38)35(47)43-14-7-8-25(23-43)34-41-31(32-33(39)40-13-15-45(32)34)29-12-11-28(20-30(29)37)48-27-9-5-4-6-10-27/h4-6,9-13,15,20-21,25H,7-8,14,16-19,23H2,1-3H3,(H2,39,40)/b26-21-/t25-/m1/s1. The normalized spacial score (nSPS) is 17.7. The highest BCUT2D eigenvalue weighted by atomic mass is 19.1. The molecule has 0 saturated carbocycles. The first kappa shape index (κ1) is 32.7. The van der Waals surface area contributed by atoms with E-state index < -0.39 is 11.4 Å². The molecule has 0 radical (unpaired) electrons. The number of rotatable bonds is 7. The van der Waals surface area contributed by atoms with Gasteiger partial charge in [0.15, 0.2) is 0 Å². The SMILES string of the molecule is CC(=O)N1CCN(C(C)(C)/C=C(/C#N)C(=O)N2CCC[C@@H](c3nc(-c4ccc(Oc5ccccc5)cc4F)c4c(N)nccn34)C2)CC1. The maximum atomic E-state index is 15.7. The maximum absolute atomic E-state index is 15.7. The molecule has 2 fully saturated rings. The van der Waals surface area contributed by atoms with Crippen LogP contribution in [0.2, 0.25) is 0 Å². The van der Waals surface area contributed by atoms with Gasteiger partial charge < -0.3 is 20.3 Å². The van der Waals surface area contributed by atoms with Crippen LogP contribution in [-0.2, 0) is 9.59 Å². The summed E-state index contributed by atoms with van der Waals surface area (Å²) in [5, 5.41) is 10.1. The molecule has 0 unspecified atom stereocenters. The molecule has 1 atom stereocenters. The van der Waals surface area contributed by atoms with Crippen LogP contribution in [0.1, 0.15) is 45.4 Å². The topological polar surface area (TPSA) is 133 Å². The van der Waals surface area contributed by atoms with Crippen molar-refractivity contribution >= 4 is 23.1 Å². The molecule has 2 amide bonds. The Morgan fingerprint density at radius 3 is 2.50 bits per heavy atom. The number of benzene rings is 2. The lowest BCUT2D eigenvalue weighted by molar-refractivity contribution is -0.131. The molecule has 0 spiro atoms. The van der Waals surface area contributed by atoms with Gasteiger partial charge in [0.05, 0.1) is 0 Å². The van der Waals surface area contributed by atoms with Crippen molar-refractivity contribution in [1.29, 1.82) is 5.26 Å². The summed E-state index contributed by atoms with van der Waals surface area (Å²) in [6, 6.07) is 15.9. The molecule has 48 heavy (non-hydrogen) atoms. The number of amides is 2. The van der Waals surface area contributed by atoms with E-state index in [2.05, 4.69) is 16.0 Å². The molecular formula is C36H39FN8O3. The van der Waals surface area contributed by atoms with E-state index in [4.69, 9.17) is 15.5 Å². The second-order valence-corrected chi connectivity index (χ2v) is 12.8. The molecule has 4 aromatic rings. The summed E-state index contributed by atoms with van der Waals surface area (Å²) in [5.74, 6) is 0.788. The number of piperazine rings is 1. The Balaban J connectivity index is 1.25. The van der Waals surface area contributed by atoms with Crippen LogP contribution in [0, 0.1) is 17.1 Å². The van der Waals surface area contributed by atoms with Gasteiger partial charge in [0.25, 0.3) is 5.91 Å². The van der Waals surface area contributed by atoms with E-state index >= 15 is 4.39 Å². The van der Waals surface area contributed by atoms with Gasteiger partial charge in [-0.05, 0) is 57.0 Å². The van der Waals surface area contributed by atoms with E-state index in [-0.39, 0.29) is 34.7 Å². The van der Waals surface area contributed by atoms with E-state index in [0.717, 1.165) is 6.42 Å². The first-order valence-electron chi connectivity index (χ1n) is 16.1. The van der Waals surface area contributed by atoms with Crippen molar-refractivity contribution in [3.05, 3.63) is 84.2 Å². The van der Waals surface area contributed by atoms with E-state index in [1.54, 1.807) is 59.5 Å². The van der Waals surface area contributed by atoms with Crippen molar-refractivity contribution in [2.24, 2.45) is 0 Å². The molecule has 11 nitrogen and oxygen atoms in total. The average Bonchev–Trinajstić information content (AvgIpc) is 3.48. The van der Waals surface area contributed by atoms with E-state index in [9.17, 15) is 14.9 Å². The summed E-state index contributed by atoms with van der Waals surface area (Å²) in [6.07, 6.45) is 6.51. The predicted molar refractivity (Wildman–Crippen MR) is 179 cm³/mol. The number of nitrogen functional groups attached to an aromatic ring is 1. The van der Waals surface area contributed by atoms with Crippen LogP contribution < -0.4 is 10.5 Å². The number of hydrogen-bond acceptors (Lipinski definition) is 8. The zero-order valence-corrected chi connectivity index (χ0v) is 27.4. The van der Waals surface area contributed by atoms with Crippen LogP contribution in [-0.4, -0.2) is 85.7 Å². The van der Waals surface area contributed by atoms with Gasteiger partial charge in [-0.25, -0.2) is 14.4 Å². The number of imidazole rings is 1. The lowest BCUT2D eigenvalue weighted by Gasteiger charge is -2.42. The minimum Gasteiger partial charge on any atom is -0.457 e. The smallest absolute Gasteiger partial charge is 0.264 e. The Morgan fingerprint density at radius 2 is 1.81 bits per heavy atom. The summed E-state index contributed by atoms with van der Waals surface area (Å²) in [4.78, 5) is 40.5. The molecule has 0 aliphatic carbocycles. The number of nitrogens with zero attached hydrogens (tertiary/aromatic N) is 7. The second kappa shape index (κ2) is 13.4. The van der Waals surface area contributed by atoms with Crippen LogP contribution in [0.25, 0.3) is 16.8 Å². The first-order valence-corrected chi connectivity index (χ1v) is 16.1. The lowest BCUT2D eigenvalue weighted by atomic mass is 9.94. The number of carbonyl (C=O) groups excluding carboxylic acids is 2. The van der Waals surface area contributed by atoms with Gasteiger partial charge in [0.2, 0.25) is 5.91 Å². The minimum absolute atomic E-state index is 0.0448. The van der Waals surface area contributed by atoms with Crippen LogP contribution in [0.4, 0.5) is 10.2 Å². The Morgan fingerprint density at radius 1 is 1.06 bits per heavy atom. The van der Waals surface area contributed by atoms with E-state index in [1.807, 2.05) is 36.4 Å². The Labute approximate surface area is 279 Å². The summed E-state index contributed by atoms with van der Waals surface area (Å²) in [7, 11) is 0. The highest BCUT2D eigenvalue weighted by molar-refractivity contribution is 5.97. The number of fused-ring (bicyclic) bond motifs is 1. The fourth-order valence-electron chi connectivity index (χ4n) is 6.67. The lowest BCUT2D eigenvalue weighted by Crippen LogP contribution is -2.55. The quantitative estimate of drug-likeness (QED) is 0.218. The summed E-state index contributed by atoms with van der Waals surface area (Å²) < 4.78 is 23.3. The average molecular weight is 651 g/mol. The van der Waals surface area contributed by atoms with Gasteiger partial charge in [0.1, 0.15) is 51.8 Å². The third kappa shape index (κ3) is 6.59. The van der Waals surface area contributed by atoms with Crippen molar-refractivity contribution in [1.82, 2.24) is 29.1 Å². The summed E-state index contributed by atoms with van der Waals surface area (Å²) in [5.41, 5.74) is 6.95. The third-order valence-electron chi connectivity index (χ3n) is 9.25. The van der Waals surface area contributed by atoms with Gasteiger partial charge in [-0.3, -0.25) is 18.9 Å². The molecule has 4 heterocycles. The number of likely N-dealkylation sites (tertiary alicyclic amines) is 1. The molecule has 2 aromatic carbocycles. The third-order valence-corrected chi connectivity index (χ3v) is 9.25. The van der Waals surface area contributed by atoms with Gasteiger partial charge in [-0.1, -0.05) is 18.2 Å². The van der Waals surface area contributed by atoms with Crippen molar-refractivity contribution in [2.75, 3.05) is 45.0 Å². The molecule has 0 bridgehead atoms. The molecule has 2 aliphatic heterocycles. The van der Waals surface area contributed by atoms with Crippen molar-refractivity contribution in [3.63, 3.8) is 0 Å². The Bertz CT molecular complexity index is 1910. The predicted octanol–water partition coefficient (Wildman–Crippen LogP) is 5.01. The van der Waals surface area contributed by atoms with Crippen molar-refractivity contribution < 1.29 is 18.7 Å². The highest BCUT2D eigenvalue weighted by Crippen LogP contribution is 2.36. The molecule has 2 N–H and O–H groups in total. The summed E-state index contributed by atoms with van der Waals surface area (Å²) in [6.45, 7) is 8.88. The number of nitrogens with two attached hydrogens (primary N) is 1. The maximum Gasteiger partial charge on any atom is 0.264 e. The molecule has 2 saturated heterocycles. The number of hydrogen-bond donors (Lipinski definition) is 1. The molecular weight excluding hydrogens is 611 g/mol. The van der Waals surface area contributed by atoms with Crippen LogP contribution in [0.3, 0.4) is 0 Å². The number of halogens is 1. The summed E-state index contributed by atoms with van der Waals surface area (Å²) >= 11 is 0. The molecule has 2 aliphatic rings. The fourth-order valence-corrected chi connectivity index (χ4v) is 6.67. The van der Waals surface area contributed by atoms with Crippen molar-refractivity contribution in [2.45, 2.75) is 45.1 Å². The van der Waals surface area contributed by atoms with Gasteiger partial charge in [-0.2, -0.15) is 5.26 Å². The number of piperidine rings is 1. The Kier molecular flexibility index (Phi) is 9.15. The van der Waals surface area contributed by atoms with Crippen LogP contribution in [0.5, 0.6) is 11.5 Å². The molecule has 248 valence electrons. The molecule has 6 rings (SSSR count). The minimum atomic E-state index is -0.566. The van der Waals surface area contributed by atoms with Gasteiger partial charge in [0, 0.05) is 81.7 Å². The number of aromatic nitrogens is 3. The Hall–Kier alpha value is -5.28. The van der Waals surface area contributed by atoms with Gasteiger partial charge >= 0.3 is 0 Å². The van der Waals surface area contributed by atoms with E-state index in [1.165, 1.54) is 6.07 Å². The number of carbonyl (C=O) groups is 2. The monoisotopic (exact) mass is 650 g/mol. The number of anilines is 1. The van der Waals surface area contributed by atoms with E-state index in [0.29, 0.717) is 74.2 Å². The number of para-hydroxylation sites is 1. The van der Waals surface area contributed by atoms with Gasteiger partial charge in [-0.15, -0.1) is 0 Å². The highest BCUT2D eigenvalue weighted by Gasteiger charge is 2.34. The zero-order chi connectivity index (χ0) is 34.0. The first-order chi connectivity index (χ1) is 23.1. The molecule has 2 aromatic heterocycles. The fraction of sp³-hybridized carbons (Fsp3) is 0.361. The van der Waals surface area contributed by atoms with Crippen molar-refractivity contribution in [3.8, 4) is 28.8 Å². The second-order valence-electron chi connectivity index (χ2n) is 12.8.